The minimum Gasteiger partial charge on any atom is -0.372 e. The van der Waals surface area contributed by atoms with Gasteiger partial charge in [-0.3, -0.25) is 29.8 Å². The van der Waals surface area contributed by atoms with E-state index in [1.807, 2.05) is 0 Å². The highest BCUT2D eigenvalue weighted by Crippen LogP contribution is 2.19. The lowest BCUT2D eigenvalue weighted by Crippen LogP contribution is -2.49. The van der Waals surface area contributed by atoms with Crippen molar-refractivity contribution in [2.24, 2.45) is 0 Å². The second-order valence-corrected chi connectivity index (χ2v) is 6.59. The van der Waals surface area contributed by atoms with Crippen LogP contribution >= 0.6 is 0 Å². The van der Waals surface area contributed by atoms with Crippen molar-refractivity contribution in [3.05, 3.63) is 68.8 Å². The second-order valence-electron chi connectivity index (χ2n) is 6.59. The van der Waals surface area contributed by atoms with Crippen LogP contribution in [0.25, 0.3) is 0 Å². The molecule has 11 nitrogen and oxygen atoms in total. The number of nitrogens with zero attached hydrogens (tertiary/aromatic N) is 2. The van der Waals surface area contributed by atoms with E-state index in [0.717, 1.165) is 0 Å². The Morgan fingerprint density at radius 3 is 1.76 bits per heavy atom. The molecule has 11 heteroatoms. The molecule has 0 unspecified atom stereocenters. The predicted octanol–water partition coefficient (Wildman–Crippen LogP) is 2.45. The summed E-state index contributed by atoms with van der Waals surface area (Å²) < 4.78 is 0. The number of anilines is 2. The van der Waals surface area contributed by atoms with E-state index in [2.05, 4.69) is 16.0 Å². The molecule has 152 valence electrons. The van der Waals surface area contributed by atoms with Gasteiger partial charge in [-0.2, -0.15) is 0 Å². The molecule has 2 aromatic carbocycles. The van der Waals surface area contributed by atoms with E-state index < -0.39 is 27.2 Å². The molecule has 0 saturated carbocycles. The summed E-state index contributed by atoms with van der Waals surface area (Å²) in [7, 11) is 0. The van der Waals surface area contributed by atoms with E-state index in [1.54, 1.807) is 13.8 Å². The van der Waals surface area contributed by atoms with Crippen LogP contribution in [0.3, 0.4) is 0 Å². The van der Waals surface area contributed by atoms with E-state index >= 15 is 0 Å². The third-order valence-corrected chi connectivity index (χ3v) is 3.87. The molecule has 29 heavy (non-hydrogen) atoms. The molecule has 0 atom stereocenters. The molecule has 0 aliphatic heterocycles. The number of amides is 2. The summed E-state index contributed by atoms with van der Waals surface area (Å²) in [6, 6.07) is 10.9. The van der Waals surface area contributed by atoms with Crippen molar-refractivity contribution in [3.8, 4) is 0 Å². The van der Waals surface area contributed by atoms with Crippen molar-refractivity contribution in [2.45, 2.75) is 19.4 Å². The van der Waals surface area contributed by atoms with Crippen LogP contribution in [0, 0.1) is 20.2 Å². The number of carbonyl (C=O) groups is 2. The molecular weight excluding hydrogens is 382 g/mol. The maximum atomic E-state index is 12.4. The van der Waals surface area contributed by atoms with Crippen LogP contribution < -0.4 is 16.0 Å². The normalized spacial score (nSPS) is 10.7. The smallest absolute Gasteiger partial charge is 0.269 e. The lowest BCUT2D eigenvalue weighted by molar-refractivity contribution is -0.385. The molecule has 0 heterocycles. The summed E-state index contributed by atoms with van der Waals surface area (Å²) in [6.45, 7) is 2.89. The highest BCUT2D eigenvalue weighted by atomic mass is 16.6. The Kier molecular flexibility index (Phi) is 6.44. The summed E-state index contributed by atoms with van der Waals surface area (Å²) in [4.78, 5) is 44.6. The van der Waals surface area contributed by atoms with Gasteiger partial charge in [-0.15, -0.1) is 0 Å². The van der Waals surface area contributed by atoms with Gasteiger partial charge in [0.05, 0.1) is 16.4 Å². The Balaban J connectivity index is 1.88. The molecule has 0 fully saturated rings. The average Bonchev–Trinajstić information content (AvgIpc) is 2.66. The van der Waals surface area contributed by atoms with E-state index in [1.165, 1.54) is 48.5 Å². The number of nitrogens with one attached hydrogen (secondary N) is 3. The zero-order valence-corrected chi connectivity index (χ0v) is 15.7. The Morgan fingerprint density at radius 1 is 0.862 bits per heavy atom. The summed E-state index contributed by atoms with van der Waals surface area (Å²) in [5, 5.41) is 29.3. The third kappa shape index (κ3) is 5.99. The van der Waals surface area contributed by atoms with Gasteiger partial charge >= 0.3 is 0 Å². The Morgan fingerprint density at radius 2 is 1.31 bits per heavy atom. The molecule has 0 aromatic heterocycles. The maximum Gasteiger partial charge on any atom is 0.269 e. The van der Waals surface area contributed by atoms with Crippen molar-refractivity contribution in [2.75, 3.05) is 17.2 Å². The maximum absolute atomic E-state index is 12.4. The first kappa shape index (κ1) is 21.3. The van der Waals surface area contributed by atoms with Crippen LogP contribution in [-0.4, -0.2) is 33.7 Å². The molecule has 0 aliphatic carbocycles. The highest BCUT2D eigenvalue weighted by molar-refractivity contribution is 5.96. The van der Waals surface area contributed by atoms with Crippen molar-refractivity contribution >= 4 is 34.6 Å². The first-order valence-electron chi connectivity index (χ1n) is 8.44. The standard InChI is InChI=1S/C18H19N5O6/c1-18(2,21-13-5-9-15(10-6-13)23(28)29)17(25)19-11-16(24)20-12-3-7-14(8-4-12)22(26)27/h3-10,21H,11H2,1-2H3,(H,19,25)(H,20,24). The lowest BCUT2D eigenvalue weighted by Gasteiger charge is -2.26. The van der Waals surface area contributed by atoms with Gasteiger partial charge in [-0.25, -0.2) is 0 Å². The number of nitro benzene ring substituents is 2. The zero-order chi connectivity index (χ0) is 21.6. The minimum absolute atomic E-state index is 0.0688. The summed E-state index contributed by atoms with van der Waals surface area (Å²) in [5.74, 6) is -0.965. The summed E-state index contributed by atoms with van der Waals surface area (Å²) in [5.41, 5.74) is -0.399. The van der Waals surface area contributed by atoms with Gasteiger partial charge in [0.15, 0.2) is 0 Å². The van der Waals surface area contributed by atoms with Crippen LogP contribution in [-0.2, 0) is 9.59 Å². The fourth-order valence-electron chi connectivity index (χ4n) is 2.34. The lowest BCUT2D eigenvalue weighted by atomic mass is 10.0. The van der Waals surface area contributed by atoms with Crippen molar-refractivity contribution < 1.29 is 19.4 Å². The molecule has 0 aliphatic rings. The largest absolute Gasteiger partial charge is 0.372 e. The Bertz CT molecular complexity index is 925. The van der Waals surface area contributed by atoms with Gasteiger partial charge in [0.25, 0.3) is 11.4 Å². The van der Waals surface area contributed by atoms with Crippen LogP contribution in [0.5, 0.6) is 0 Å². The van der Waals surface area contributed by atoms with Gasteiger partial charge in [-0.05, 0) is 38.1 Å². The third-order valence-electron chi connectivity index (χ3n) is 3.87. The van der Waals surface area contributed by atoms with Gasteiger partial charge in [-0.1, -0.05) is 0 Å². The summed E-state index contributed by atoms with van der Waals surface area (Å²) in [6.07, 6.45) is 0. The minimum atomic E-state index is -1.09. The molecule has 0 saturated heterocycles. The predicted molar refractivity (Wildman–Crippen MR) is 106 cm³/mol. The number of hydrogen-bond acceptors (Lipinski definition) is 7. The molecule has 0 bridgehead atoms. The van der Waals surface area contributed by atoms with Gasteiger partial charge < -0.3 is 16.0 Å². The molecule has 3 N–H and O–H groups in total. The quantitative estimate of drug-likeness (QED) is 0.453. The first-order chi connectivity index (χ1) is 13.6. The van der Waals surface area contributed by atoms with Crippen molar-refractivity contribution in [1.82, 2.24) is 5.32 Å². The zero-order valence-electron chi connectivity index (χ0n) is 15.7. The number of nitro groups is 2. The van der Waals surface area contributed by atoms with Gasteiger partial charge in [0, 0.05) is 35.6 Å². The average molecular weight is 401 g/mol. The van der Waals surface area contributed by atoms with E-state index in [9.17, 15) is 29.8 Å². The first-order valence-corrected chi connectivity index (χ1v) is 8.44. The van der Waals surface area contributed by atoms with E-state index in [0.29, 0.717) is 11.4 Å². The van der Waals surface area contributed by atoms with Crippen LogP contribution in [0.2, 0.25) is 0 Å². The monoisotopic (exact) mass is 401 g/mol. The van der Waals surface area contributed by atoms with Crippen LogP contribution in [0.1, 0.15) is 13.8 Å². The SMILES string of the molecule is CC(C)(Nc1ccc([N+](=O)[O-])cc1)C(=O)NCC(=O)Nc1ccc([N+](=O)[O-])cc1. The molecule has 0 spiro atoms. The van der Waals surface area contributed by atoms with Gasteiger partial charge in [0.1, 0.15) is 5.54 Å². The van der Waals surface area contributed by atoms with Crippen molar-refractivity contribution in [1.29, 1.82) is 0 Å². The number of carbonyl (C=O) groups excluding carboxylic acids is 2. The number of hydrogen-bond donors (Lipinski definition) is 3. The highest BCUT2D eigenvalue weighted by Gasteiger charge is 2.27. The Labute approximate surface area is 165 Å². The van der Waals surface area contributed by atoms with Crippen LogP contribution in [0.15, 0.2) is 48.5 Å². The molecule has 2 aromatic rings. The number of non-ortho nitro benzene ring substituents is 2. The summed E-state index contributed by atoms with van der Waals surface area (Å²) >= 11 is 0. The Hall–Kier alpha value is -4.02. The fraction of sp³-hybridized carbons (Fsp3) is 0.222. The second kappa shape index (κ2) is 8.78. The topological polar surface area (TPSA) is 157 Å². The molecular formula is C18H19N5O6. The fourth-order valence-corrected chi connectivity index (χ4v) is 2.34. The van der Waals surface area contributed by atoms with Gasteiger partial charge in [0.2, 0.25) is 11.8 Å². The molecule has 0 radical (unpaired) electrons. The molecule has 2 rings (SSSR count). The van der Waals surface area contributed by atoms with Crippen LogP contribution in [0.4, 0.5) is 22.7 Å². The molecule has 2 amide bonds. The van der Waals surface area contributed by atoms with E-state index in [4.69, 9.17) is 0 Å². The van der Waals surface area contributed by atoms with Crippen molar-refractivity contribution in [3.63, 3.8) is 0 Å². The number of benzene rings is 2. The van der Waals surface area contributed by atoms with E-state index in [-0.39, 0.29) is 17.9 Å². The number of rotatable bonds is 8.